The van der Waals surface area contributed by atoms with Crippen LogP contribution >= 0.6 is 11.3 Å². The molecule has 0 spiro atoms. The van der Waals surface area contributed by atoms with Gasteiger partial charge in [-0.25, -0.2) is 0 Å². The molecule has 90 valence electrons. The van der Waals surface area contributed by atoms with Crippen molar-refractivity contribution in [2.24, 2.45) is 5.92 Å². The third kappa shape index (κ3) is 2.73. The minimum Gasteiger partial charge on any atom is -0.392 e. The molecular weight excluding hydrogens is 236 g/mol. The molecule has 1 N–H and O–H groups in total. The molecule has 1 unspecified atom stereocenters. The van der Waals surface area contributed by atoms with Gasteiger partial charge in [-0.2, -0.15) is 4.98 Å². The predicted molar refractivity (Wildman–Crippen MR) is 63.9 cm³/mol. The van der Waals surface area contributed by atoms with E-state index in [1.54, 1.807) is 11.3 Å². The Labute approximate surface area is 103 Å². The fourth-order valence-corrected chi connectivity index (χ4v) is 2.54. The molecule has 17 heavy (non-hydrogen) atoms. The normalized spacial score (nSPS) is 17.2. The molecule has 1 fully saturated rings. The second-order valence-electron chi connectivity index (χ2n) is 4.47. The minimum absolute atomic E-state index is 0.315. The topological polar surface area (TPSA) is 59.2 Å². The van der Waals surface area contributed by atoms with E-state index in [0.29, 0.717) is 30.5 Å². The van der Waals surface area contributed by atoms with Crippen molar-refractivity contribution in [3.05, 3.63) is 34.1 Å². The van der Waals surface area contributed by atoms with Gasteiger partial charge in [0.1, 0.15) is 0 Å². The molecule has 5 heteroatoms. The van der Waals surface area contributed by atoms with E-state index >= 15 is 0 Å². The lowest BCUT2D eigenvalue weighted by molar-refractivity contribution is 0.140. The third-order valence-electron chi connectivity index (χ3n) is 2.97. The predicted octanol–water partition coefficient (Wildman–Crippen LogP) is 2.04. The molecule has 4 nitrogen and oxygen atoms in total. The highest BCUT2D eigenvalue weighted by Crippen LogP contribution is 2.33. The first-order valence-corrected chi connectivity index (χ1v) is 6.71. The fourth-order valence-electron chi connectivity index (χ4n) is 1.84. The first kappa shape index (κ1) is 10.9. The van der Waals surface area contributed by atoms with E-state index in [4.69, 9.17) is 4.52 Å². The second-order valence-corrected chi connectivity index (χ2v) is 5.50. The SMILES string of the molecule is OC(Cc1nc(Cc2cccs2)no1)C1CC1. The lowest BCUT2D eigenvalue weighted by atomic mass is 10.2. The highest BCUT2D eigenvalue weighted by atomic mass is 32.1. The standard InChI is InChI=1S/C12H14N2O2S/c15-10(8-3-4-8)7-12-13-11(14-16-12)6-9-2-1-5-17-9/h1-2,5,8,10,15H,3-4,6-7H2. The second kappa shape index (κ2) is 4.58. The summed E-state index contributed by atoms with van der Waals surface area (Å²) in [7, 11) is 0. The largest absolute Gasteiger partial charge is 0.392 e. The van der Waals surface area contributed by atoms with Gasteiger partial charge in [0.25, 0.3) is 0 Å². The van der Waals surface area contributed by atoms with Crippen molar-refractivity contribution in [2.45, 2.75) is 31.8 Å². The van der Waals surface area contributed by atoms with E-state index in [1.807, 2.05) is 11.4 Å². The van der Waals surface area contributed by atoms with Crippen LogP contribution in [-0.2, 0) is 12.8 Å². The lowest BCUT2D eigenvalue weighted by Gasteiger charge is -2.03. The molecule has 0 aliphatic heterocycles. The van der Waals surface area contributed by atoms with E-state index in [-0.39, 0.29) is 6.10 Å². The summed E-state index contributed by atoms with van der Waals surface area (Å²) in [5, 5.41) is 15.8. The van der Waals surface area contributed by atoms with Gasteiger partial charge in [-0.05, 0) is 30.2 Å². The van der Waals surface area contributed by atoms with Crippen molar-refractivity contribution in [1.29, 1.82) is 0 Å². The summed E-state index contributed by atoms with van der Waals surface area (Å²) < 4.78 is 5.15. The third-order valence-corrected chi connectivity index (χ3v) is 3.85. The highest BCUT2D eigenvalue weighted by molar-refractivity contribution is 7.09. The Kier molecular flexibility index (Phi) is 2.94. The molecule has 0 amide bonds. The van der Waals surface area contributed by atoms with Gasteiger partial charge in [0, 0.05) is 11.3 Å². The molecule has 1 saturated carbocycles. The zero-order chi connectivity index (χ0) is 11.7. The maximum atomic E-state index is 9.78. The van der Waals surface area contributed by atoms with Crippen LogP contribution in [0.25, 0.3) is 0 Å². The Hall–Kier alpha value is -1.20. The summed E-state index contributed by atoms with van der Waals surface area (Å²) in [5.41, 5.74) is 0. The Morgan fingerprint density at radius 3 is 3.12 bits per heavy atom. The maximum absolute atomic E-state index is 9.78. The van der Waals surface area contributed by atoms with Gasteiger partial charge in [0.05, 0.1) is 12.5 Å². The van der Waals surface area contributed by atoms with E-state index in [2.05, 4.69) is 16.2 Å². The monoisotopic (exact) mass is 250 g/mol. The van der Waals surface area contributed by atoms with Gasteiger partial charge in [-0.15, -0.1) is 11.3 Å². The number of hydrogen-bond acceptors (Lipinski definition) is 5. The van der Waals surface area contributed by atoms with Crippen molar-refractivity contribution in [2.75, 3.05) is 0 Å². The Morgan fingerprint density at radius 1 is 1.53 bits per heavy atom. The molecule has 3 rings (SSSR count). The molecule has 1 aliphatic rings. The molecule has 0 bridgehead atoms. The number of aliphatic hydroxyl groups is 1. The van der Waals surface area contributed by atoms with Crippen LogP contribution < -0.4 is 0 Å². The summed E-state index contributed by atoms with van der Waals surface area (Å²) in [6.45, 7) is 0. The number of rotatable bonds is 5. The fraction of sp³-hybridized carbons (Fsp3) is 0.500. The lowest BCUT2D eigenvalue weighted by Crippen LogP contribution is -2.12. The molecule has 2 heterocycles. The molecule has 0 radical (unpaired) electrons. The van der Waals surface area contributed by atoms with E-state index < -0.39 is 0 Å². The van der Waals surface area contributed by atoms with Crippen LogP contribution in [0.4, 0.5) is 0 Å². The van der Waals surface area contributed by atoms with Crippen LogP contribution in [0, 0.1) is 5.92 Å². The molecular formula is C12H14N2O2S. The van der Waals surface area contributed by atoms with Crippen molar-refractivity contribution in [1.82, 2.24) is 10.1 Å². The van der Waals surface area contributed by atoms with E-state index in [1.165, 1.54) is 4.88 Å². The van der Waals surface area contributed by atoms with Crippen LogP contribution in [0.2, 0.25) is 0 Å². The van der Waals surface area contributed by atoms with Crippen LogP contribution in [0.15, 0.2) is 22.0 Å². The number of aliphatic hydroxyl groups excluding tert-OH is 1. The van der Waals surface area contributed by atoms with Gasteiger partial charge in [-0.1, -0.05) is 11.2 Å². The molecule has 0 aromatic carbocycles. The summed E-state index contributed by atoms with van der Waals surface area (Å²) in [6.07, 6.45) is 3.13. The van der Waals surface area contributed by atoms with Gasteiger partial charge in [0.15, 0.2) is 5.82 Å². The van der Waals surface area contributed by atoms with Crippen molar-refractivity contribution < 1.29 is 9.63 Å². The maximum Gasteiger partial charge on any atom is 0.229 e. The van der Waals surface area contributed by atoms with Crippen molar-refractivity contribution in [3.8, 4) is 0 Å². The first-order valence-electron chi connectivity index (χ1n) is 5.83. The van der Waals surface area contributed by atoms with Crippen LogP contribution in [-0.4, -0.2) is 21.4 Å². The average molecular weight is 250 g/mol. The Bertz CT molecular complexity index is 476. The van der Waals surface area contributed by atoms with Crippen molar-refractivity contribution in [3.63, 3.8) is 0 Å². The summed E-state index contributed by atoms with van der Waals surface area (Å²) in [4.78, 5) is 5.53. The number of aromatic nitrogens is 2. The van der Waals surface area contributed by atoms with Crippen LogP contribution in [0.1, 0.15) is 29.4 Å². The molecule has 2 aromatic rings. The quantitative estimate of drug-likeness (QED) is 0.882. The average Bonchev–Trinajstić information content (AvgIpc) is 2.89. The zero-order valence-corrected chi connectivity index (χ0v) is 10.2. The van der Waals surface area contributed by atoms with Gasteiger partial charge in [-0.3, -0.25) is 0 Å². The Morgan fingerprint density at radius 2 is 2.41 bits per heavy atom. The Balaban J connectivity index is 1.61. The zero-order valence-electron chi connectivity index (χ0n) is 9.37. The minimum atomic E-state index is -0.315. The van der Waals surface area contributed by atoms with Crippen LogP contribution in [0.3, 0.4) is 0 Å². The number of thiophene rings is 1. The molecule has 0 saturated heterocycles. The van der Waals surface area contributed by atoms with Gasteiger partial charge in [0.2, 0.25) is 5.89 Å². The van der Waals surface area contributed by atoms with Crippen LogP contribution in [0.5, 0.6) is 0 Å². The molecule has 1 aliphatic carbocycles. The summed E-state index contributed by atoms with van der Waals surface area (Å²) in [6, 6.07) is 4.07. The highest BCUT2D eigenvalue weighted by Gasteiger charge is 2.31. The van der Waals surface area contributed by atoms with Gasteiger partial charge >= 0.3 is 0 Å². The molecule has 1 atom stereocenters. The summed E-state index contributed by atoms with van der Waals surface area (Å²) >= 11 is 1.68. The van der Waals surface area contributed by atoms with Crippen molar-refractivity contribution >= 4 is 11.3 Å². The van der Waals surface area contributed by atoms with E-state index in [0.717, 1.165) is 12.8 Å². The number of hydrogen-bond donors (Lipinski definition) is 1. The smallest absolute Gasteiger partial charge is 0.229 e. The number of nitrogens with zero attached hydrogens (tertiary/aromatic N) is 2. The summed E-state index contributed by atoms with van der Waals surface area (Å²) in [5.74, 6) is 1.70. The van der Waals surface area contributed by atoms with Gasteiger partial charge < -0.3 is 9.63 Å². The molecule has 2 aromatic heterocycles. The first-order chi connectivity index (χ1) is 8.31. The van der Waals surface area contributed by atoms with E-state index in [9.17, 15) is 5.11 Å².